The smallest absolute Gasteiger partial charge is 0.333 e. The number of ether oxygens (including phenoxy) is 2. The molecule has 0 bridgehead atoms. The summed E-state index contributed by atoms with van der Waals surface area (Å²) in [5.41, 5.74) is 1.66. The minimum absolute atomic E-state index is 0.231. The molecule has 0 radical (unpaired) electrons. The van der Waals surface area contributed by atoms with E-state index in [0.29, 0.717) is 48.2 Å². The summed E-state index contributed by atoms with van der Waals surface area (Å²) in [4.78, 5) is 28.6. The van der Waals surface area contributed by atoms with E-state index in [2.05, 4.69) is 10.3 Å². The molecule has 0 saturated carbocycles. The average Bonchev–Trinajstić information content (AvgIpc) is 2.83. The Kier molecular flexibility index (Phi) is 12.5. The van der Waals surface area contributed by atoms with E-state index in [1.807, 2.05) is 6.92 Å². The molecule has 0 amide bonds. The van der Waals surface area contributed by atoms with E-state index in [4.69, 9.17) is 20.0 Å². The van der Waals surface area contributed by atoms with E-state index in [1.165, 1.54) is 4.57 Å². The fraction of sp³-hybridized carbons (Fsp3) is 0.500. The molecule has 0 aliphatic rings. The molecule has 0 aliphatic carbocycles. The number of carboxylic acids is 1. The van der Waals surface area contributed by atoms with Crippen LogP contribution in [0.25, 0.3) is 0 Å². The summed E-state index contributed by atoms with van der Waals surface area (Å²) in [6, 6.07) is 7.14. The van der Waals surface area contributed by atoms with Crippen molar-refractivity contribution in [3.8, 4) is 5.75 Å². The third-order valence-electron chi connectivity index (χ3n) is 4.97. The van der Waals surface area contributed by atoms with Crippen LogP contribution in [0.3, 0.4) is 0 Å². The van der Waals surface area contributed by atoms with Crippen LogP contribution in [0.5, 0.6) is 5.75 Å². The van der Waals surface area contributed by atoms with Crippen molar-refractivity contribution in [2.45, 2.75) is 52.7 Å². The van der Waals surface area contributed by atoms with Gasteiger partial charge in [-0.05, 0) is 38.0 Å². The zero-order valence-corrected chi connectivity index (χ0v) is 20.6. The van der Waals surface area contributed by atoms with Gasteiger partial charge in [0.2, 0.25) is 0 Å². The number of rotatable bonds is 13. The van der Waals surface area contributed by atoms with Crippen LogP contribution >= 0.6 is 0 Å². The number of hydrogen-bond donors (Lipinski definition) is 4. The van der Waals surface area contributed by atoms with Crippen molar-refractivity contribution in [1.29, 1.82) is 5.41 Å². The quantitative estimate of drug-likeness (QED) is 0.322. The predicted molar refractivity (Wildman–Crippen MR) is 131 cm³/mol. The summed E-state index contributed by atoms with van der Waals surface area (Å²) in [7, 11) is 2.65. The first-order valence-corrected chi connectivity index (χ1v) is 11.2. The van der Waals surface area contributed by atoms with Crippen LogP contribution in [0.1, 0.15) is 43.8 Å². The Morgan fingerprint density at radius 3 is 2.41 bits per heavy atom. The van der Waals surface area contributed by atoms with Crippen molar-refractivity contribution < 1.29 is 24.5 Å². The highest BCUT2D eigenvalue weighted by atomic mass is 16.5. The molecule has 1 atom stereocenters. The number of aryl methyl sites for hydroxylation is 1. The number of hydrogen-bond acceptors (Lipinski definition) is 8. The summed E-state index contributed by atoms with van der Waals surface area (Å²) < 4.78 is 12.5. The number of aromatic nitrogens is 2. The fourth-order valence-corrected chi connectivity index (χ4v) is 3.35. The highest BCUT2D eigenvalue weighted by Gasteiger charge is 2.18. The Bertz CT molecular complexity index is 988. The highest BCUT2D eigenvalue weighted by molar-refractivity contribution is 6.00. The number of carboxylic acid groups (broad SMARTS) is 1. The van der Waals surface area contributed by atoms with Gasteiger partial charge < -0.3 is 30.4 Å². The molecule has 1 heterocycles. The predicted octanol–water partition coefficient (Wildman–Crippen LogP) is 2.48. The number of aliphatic hydroxyl groups excluding tert-OH is 1. The third-order valence-corrected chi connectivity index (χ3v) is 4.97. The van der Waals surface area contributed by atoms with Gasteiger partial charge >= 0.3 is 5.97 Å². The van der Waals surface area contributed by atoms with Crippen LogP contribution in [-0.2, 0) is 22.5 Å². The summed E-state index contributed by atoms with van der Waals surface area (Å²) in [5.74, 6) is 0.156. The van der Waals surface area contributed by atoms with Gasteiger partial charge in [-0.25, -0.2) is 9.78 Å². The van der Waals surface area contributed by atoms with E-state index in [0.717, 1.165) is 19.1 Å². The van der Waals surface area contributed by atoms with Gasteiger partial charge in [0.1, 0.15) is 29.6 Å². The van der Waals surface area contributed by atoms with Crippen LogP contribution in [0.15, 0.2) is 29.1 Å². The number of nitrogens with one attached hydrogen (secondary N) is 2. The maximum atomic E-state index is 12.9. The largest absolute Gasteiger partial charge is 0.492 e. The first kappa shape index (κ1) is 28.8. The Hall–Kier alpha value is -3.24. The van der Waals surface area contributed by atoms with Gasteiger partial charge in [-0.2, -0.15) is 0 Å². The standard InChI is InChI=1S/C23H32N4O5.CH4O/c1-5-7-18(24)20-21(25-4)22(28)27(15(3)26-20)12-13-32-17-10-8-16(9-11-17)14-19(23(29)30)31-6-2;1-2/h8-11,19,24-25H,5-7,12-14H2,1-4H3,(H,29,30);2H,1H3. The van der Waals surface area contributed by atoms with Crippen LogP contribution in [0.2, 0.25) is 0 Å². The highest BCUT2D eigenvalue weighted by Crippen LogP contribution is 2.15. The van der Waals surface area contributed by atoms with Gasteiger partial charge in [0.25, 0.3) is 5.56 Å². The number of benzene rings is 1. The van der Waals surface area contributed by atoms with Gasteiger partial charge in [-0.15, -0.1) is 0 Å². The Labute approximate surface area is 200 Å². The van der Waals surface area contributed by atoms with Gasteiger partial charge in [0, 0.05) is 27.2 Å². The lowest BCUT2D eigenvalue weighted by Crippen LogP contribution is -2.31. The number of aliphatic carboxylic acids is 1. The molecule has 0 fully saturated rings. The summed E-state index contributed by atoms with van der Waals surface area (Å²) >= 11 is 0. The van der Waals surface area contributed by atoms with Crippen molar-refractivity contribution >= 4 is 17.4 Å². The molecule has 0 spiro atoms. The SMILES string of the molecule is CCCC(=N)c1nc(C)n(CCOc2ccc(CC(OCC)C(=O)O)cc2)c(=O)c1NC.CO. The third kappa shape index (κ3) is 7.96. The summed E-state index contributed by atoms with van der Waals surface area (Å²) in [5, 5.41) is 27.3. The second-order valence-corrected chi connectivity index (χ2v) is 7.30. The number of anilines is 1. The molecule has 34 heavy (non-hydrogen) atoms. The minimum Gasteiger partial charge on any atom is -0.492 e. The van der Waals surface area contributed by atoms with Crippen molar-refractivity contribution in [3.63, 3.8) is 0 Å². The topological polar surface area (TPSA) is 147 Å². The van der Waals surface area contributed by atoms with Gasteiger partial charge in [0.05, 0.1) is 12.3 Å². The zero-order chi connectivity index (χ0) is 25.7. The first-order chi connectivity index (χ1) is 16.3. The molecule has 1 aromatic heterocycles. The first-order valence-electron chi connectivity index (χ1n) is 11.2. The maximum Gasteiger partial charge on any atom is 0.333 e. The molecule has 0 aliphatic heterocycles. The van der Waals surface area contributed by atoms with Gasteiger partial charge in [-0.3, -0.25) is 9.36 Å². The Morgan fingerprint density at radius 1 is 1.24 bits per heavy atom. The van der Waals surface area contributed by atoms with Crippen molar-refractivity contribution in [1.82, 2.24) is 9.55 Å². The van der Waals surface area contributed by atoms with Gasteiger partial charge in [0.15, 0.2) is 6.10 Å². The van der Waals surface area contributed by atoms with Crippen LogP contribution in [-0.4, -0.2) is 64.9 Å². The summed E-state index contributed by atoms with van der Waals surface area (Å²) in [6.07, 6.45) is 0.760. The molecular weight excluding hydrogens is 440 g/mol. The van der Waals surface area contributed by atoms with Crippen molar-refractivity contribution in [2.24, 2.45) is 0 Å². The molecule has 2 aromatic rings. The number of carbonyl (C=O) groups is 1. The molecule has 2 rings (SSSR count). The van der Waals surface area contributed by atoms with Crippen LogP contribution in [0.4, 0.5) is 5.69 Å². The lowest BCUT2D eigenvalue weighted by atomic mass is 10.1. The number of aliphatic hydroxyl groups is 1. The Morgan fingerprint density at radius 2 is 1.88 bits per heavy atom. The molecule has 4 N–H and O–H groups in total. The van der Waals surface area contributed by atoms with E-state index >= 15 is 0 Å². The minimum atomic E-state index is -0.988. The molecule has 1 unspecified atom stereocenters. The van der Waals surface area contributed by atoms with Crippen LogP contribution in [0, 0.1) is 12.3 Å². The van der Waals surface area contributed by atoms with E-state index in [-0.39, 0.29) is 18.6 Å². The normalized spacial score (nSPS) is 11.2. The monoisotopic (exact) mass is 476 g/mol. The van der Waals surface area contributed by atoms with Gasteiger partial charge in [-0.1, -0.05) is 25.5 Å². The van der Waals surface area contributed by atoms with E-state index in [1.54, 1.807) is 45.2 Å². The second-order valence-electron chi connectivity index (χ2n) is 7.30. The maximum absolute atomic E-state index is 12.9. The van der Waals surface area contributed by atoms with E-state index < -0.39 is 12.1 Å². The van der Waals surface area contributed by atoms with Crippen molar-refractivity contribution in [3.05, 3.63) is 51.7 Å². The fourth-order valence-electron chi connectivity index (χ4n) is 3.35. The second kappa shape index (κ2) is 14.8. The lowest BCUT2D eigenvalue weighted by molar-refractivity contribution is -0.149. The number of nitrogens with zero attached hydrogens (tertiary/aromatic N) is 2. The lowest BCUT2D eigenvalue weighted by Gasteiger charge is -2.16. The average molecular weight is 477 g/mol. The summed E-state index contributed by atoms with van der Waals surface area (Å²) in [6.45, 7) is 6.39. The van der Waals surface area contributed by atoms with Crippen molar-refractivity contribution in [2.75, 3.05) is 32.7 Å². The molecule has 1 aromatic carbocycles. The Balaban J connectivity index is 0.00000281. The molecule has 10 heteroatoms. The van der Waals surface area contributed by atoms with Crippen LogP contribution < -0.4 is 15.6 Å². The molecule has 10 nitrogen and oxygen atoms in total. The molecular formula is C24H36N4O6. The zero-order valence-electron chi connectivity index (χ0n) is 20.6. The van der Waals surface area contributed by atoms with E-state index in [9.17, 15) is 14.7 Å². The molecule has 188 valence electrons. The molecule has 0 saturated heterocycles.